The molecule has 3 rings (SSSR count). The van der Waals surface area contributed by atoms with Gasteiger partial charge in [-0.25, -0.2) is 0 Å². The molecule has 1 saturated heterocycles. The molecule has 0 unspecified atom stereocenters. The molecule has 1 aromatic heterocycles. The van der Waals surface area contributed by atoms with Gasteiger partial charge in [0, 0.05) is 31.6 Å². The number of anilines is 2. The Hall–Kier alpha value is -1.07. The Morgan fingerprint density at radius 1 is 1.29 bits per heavy atom. The van der Waals surface area contributed by atoms with Crippen LogP contribution >= 0.6 is 11.3 Å². The van der Waals surface area contributed by atoms with Crippen LogP contribution in [0.15, 0.2) is 0 Å². The zero-order valence-corrected chi connectivity index (χ0v) is 13.8. The quantitative estimate of drug-likeness (QED) is 0.869. The molecule has 2 N–H and O–H groups in total. The van der Waals surface area contributed by atoms with E-state index in [9.17, 15) is 4.79 Å². The number of rotatable bonds is 4. The van der Waals surface area contributed by atoms with Crippen LogP contribution in [0.1, 0.15) is 53.8 Å². The van der Waals surface area contributed by atoms with Crippen molar-refractivity contribution in [1.82, 2.24) is 4.90 Å². The number of nitrogens with two attached hydrogens (primary N) is 1. The molecule has 5 heteroatoms. The number of hydrogen-bond donors (Lipinski definition) is 1. The molecular formula is C16H25N3OS. The van der Waals surface area contributed by atoms with Gasteiger partial charge in [-0.2, -0.15) is 0 Å². The van der Waals surface area contributed by atoms with Crippen molar-refractivity contribution in [2.75, 3.05) is 43.9 Å². The van der Waals surface area contributed by atoms with E-state index in [0.717, 1.165) is 36.7 Å². The first-order valence-corrected chi connectivity index (χ1v) is 8.82. The van der Waals surface area contributed by atoms with E-state index in [-0.39, 0.29) is 5.78 Å². The van der Waals surface area contributed by atoms with Gasteiger partial charge < -0.3 is 15.5 Å². The number of nitrogens with zero attached hydrogens (tertiary/aromatic N) is 2. The van der Waals surface area contributed by atoms with Crippen LogP contribution in [-0.2, 0) is 0 Å². The zero-order valence-electron chi connectivity index (χ0n) is 13.0. The maximum atomic E-state index is 12.1. The van der Waals surface area contributed by atoms with Crippen molar-refractivity contribution in [3.05, 3.63) is 10.4 Å². The largest absolute Gasteiger partial charge is 0.397 e. The van der Waals surface area contributed by atoms with Crippen molar-refractivity contribution < 1.29 is 4.79 Å². The molecule has 1 aliphatic carbocycles. The summed E-state index contributed by atoms with van der Waals surface area (Å²) in [6.45, 7) is 6.26. The highest BCUT2D eigenvalue weighted by atomic mass is 32.1. The first-order valence-electron chi connectivity index (χ1n) is 8.00. The summed E-state index contributed by atoms with van der Waals surface area (Å²) in [5, 5.41) is 1.28. The zero-order chi connectivity index (χ0) is 15.0. The third-order valence-electron chi connectivity index (χ3n) is 4.53. The lowest BCUT2D eigenvalue weighted by molar-refractivity contribution is 0.0993. The molecule has 0 spiro atoms. The minimum absolute atomic E-state index is 0.192. The van der Waals surface area contributed by atoms with Crippen LogP contribution in [0.3, 0.4) is 0 Å². The topological polar surface area (TPSA) is 49.6 Å². The molecule has 0 aromatic carbocycles. The smallest absolute Gasteiger partial charge is 0.174 e. The van der Waals surface area contributed by atoms with E-state index in [0.29, 0.717) is 12.3 Å². The molecule has 0 atom stereocenters. The van der Waals surface area contributed by atoms with Crippen molar-refractivity contribution in [2.24, 2.45) is 0 Å². The molecule has 1 saturated carbocycles. The predicted octanol–water partition coefficient (Wildman–Crippen LogP) is 2.94. The van der Waals surface area contributed by atoms with Crippen LogP contribution in [0.5, 0.6) is 0 Å². The molecule has 4 nitrogen and oxygen atoms in total. The van der Waals surface area contributed by atoms with Crippen molar-refractivity contribution >= 4 is 27.8 Å². The SMILES string of the molecule is CCC(=O)c1sc(N2CCCN(C)CC2)c(C2CC2)c1N. The number of Topliss-reactive ketones (excluding diaryl/α,β-unsaturated/α-hetero) is 1. The van der Waals surface area contributed by atoms with Crippen LogP contribution in [0.4, 0.5) is 10.7 Å². The van der Waals surface area contributed by atoms with E-state index in [2.05, 4.69) is 16.8 Å². The van der Waals surface area contributed by atoms with E-state index in [1.54, 1.807) is 11.3 Å². The Labute approximate surface area is 130 Å². The number of nitrogen functional groups attached to an aromatic ring is 1. The van der Waals surface area contributed by atoms with Gasteiger partial charge in [0.1, 0.15) is 0 Å². The third-order valence-corrected chi connectivity index (χ3v) is 5.85. The Balaban J connectivity index is 1.94. The summed E-state index contributed by atoms with van der Waals surface area (Å²) in [6, 6.07) is 0. The van der Waals surface area contributed by atoms with E-state index in [1.807, 2.05) is 6.92 Å². The highest BCUT2D eigenvalue weighted by molar-refractivity contribution is 7.19. The maximum absolute atomic E-state index is 12.1. The fourth-order valence-corrected chi connectivity index (χ4v) is 4.43. The highest BCUT2D eigenvalue weighted by Crippen LogP contribution is 2.52. The summed E-state index contributed by atoms with van der Waals surface area (Å²) >= 11 is 1.64. The van der Waals surface area contributed by atoms with E-state index in [1.165, 1.54) is 29.8 Å². The van der Waals surface area contributed by atoms with Gasteiger partial charge in [0.2, 0.25) is 0 Å². The second-order valence-corrected chi connectivity index (χ2v) is 7.26. The second kappa shape index (κ2) is 5.97. The Bertz CT molecular complexity index is 536. The van der Waals surface area contributed by atoms with E-state index >= 15 is 0 Å². The summed E-state index contributed by atoms with van der Waals surface area (Å²) in [7, 11) is 2.18. The average Bonchev–Trinajstić information content (AvgIpc) is 3.27. The number of hydrogen-bond acceptors (Lipinski definition) is 5. The molecular weight excluding hydrogens is 282 g/mol. The number of likely N-dealkylation sites (N-methyl/N-ethyl adjacent to an activating group) is 1. The molecule has 2 fully saturated rings. The first kappa shape index (κ1) is 14.9. The van der Waals surface area contributed by atoms with Gasteiger partial charge in [0.25, 0.3) is 0 Å². The normalized spacial score (nSPS) is 20.6. The lowest BCUT2D eigenvalue weighted by Gasteiger charge is -2.22. The summed E-state index contributed by atoms with van der Waals surface area (Å²) in [5.41, 5.74) is 8.41. The van der Waals surface area contributed by atoms with Gasteiger partial charge in [-0.05, 0) is 38.8 Å². The summed E-state index contributed by atoms with van der Waals surface area (Å²) in [5.74, 6) is 0.785. The lowest BCUT2D eigenvalue weighted by atomic mass is 10.1. The highest BCUT2D eigenvalue weighted by Gasteiger charge is 2.34. The van der Waals surface area contributed by atoms with Crippen molar-refractivity contribution in [3.8, 4) is 0 Å². The maximum Gasteiger partial charge on any atom is 0.174 e. The first-order chi connectivity index (χ1) is 10.1. The number of ketones is 1. The van der Waals surface area contributed by atoms with Gasteiger partial charge in [-0.1, -0.05) is 6.92 Å². The summed E-state index contributed by atoms with van der Waals surface area (Å²) in [6.07, 6.45) is 4.16. The minimum atomic E-state index is 0.192. The minimum Gasteiger partial charge on any atom is -0.397 e. The number of carbonyl (C=O) groups excluding carboxylic acids is 1. The molecule has 1 aliphatic heterocycles. The average molecular weight is 307 g/mol. The van der Waals surface area contributed by atoms with E-state index in [4.69, 9.17) is 5.73 Å². The Morgan fingerprint density at radius 2 is 2.05 bits per heavy atom. The van der Waals surface area contributed by atoms with Crippen LogP contribution < -0.4 is 10.6 Å². The van der Waals surface area contributed by atoms with E-state index < -0.39 is 0 Å². The van der Waals surface area contributed by atoms with Crippen LogP contribution in [0.2, 0.25) is 0 Å². The van der Waals surface area contributed by atoms with Crippen LogP contribution in [-0.4, -0.2) is 43.9 Å². The Kier molecular flexibility index (Phi) is 4.22. The number of carbonyl (C=O) groups is 1. The van der Waals surface area contributed by atoms with Crippen LogP contribution in [0.25, 0.3) is 0 Å². The summed E-state index contributed by atoms with van der Waals surface area (Å²) < 4.78 is 0. The third kappa shape index (κ3) is 2.94. The van der Waals surface area contributed by atoms with Gasteiger partial charge >= 0.3 is 0 Å². The predicted molar refractivity (Wildman–Crippen MR) is 89.7 cm³/mol. The van der Waals surface area contributed by atoms with Gasteiger partial charge in [0.05, 0.1) is 15.6 Å². The molecule has 0 radical (unpaired) electrons. The molecule has 1 aromatic rings. The molecule has 0 bridgehead atoms. The monoisotopic (exact) mass is 307 g/mol. The molecule has 2 heterocycles. The fourth-order valence-electron chi connectivity index (χ4n) is 3.06. The lowest BCUT2D eigenvalue weighted by Crippen LogP contribution is -2.28. The van der Waals surface area contributed by atoms with Crippen molar-refractivity contribution in [3.63, 3.8) is 0 Å². The molecule has 21 heavy (non-hydrogen) atoms. The van der Waals surface area contributed by atoms with Gasteiger partial charge in [0.15, 0.2) is 5.78 Å². The standard InChI is InChI=1S/C16H25N3OS/c1-3-12(20)15-14(17)13(11-5-6-11)16(21-15)19-8-4-7-18(2)9-10-19/h11H,3-10,17H2,1-2H3. The van der Waals surface area contributed by atoms with Gasteiger partial charge in [-0.15, -0.1) is 11.3 Å². The second-order valence-electron chi connectivity index (χ2n) is 6.26. The number of thiophene rings is 1. The Morgan fingerprint density at radius 3 is 2.71 bits per heavy atom. The van der Waals surface area contributed by atoms with Crippen LogP contribution in [0, 0.1) is 0 Å². The van der Waals surface area contributed by atoms with Crippen molar-refractivity contribution in [1.29, 1.82) is 0 Å². The summed E-state index contributed by atoms with van der Waals surface area (Å²) in [4.78, 5) is 17.8. The molecule has 0 amide bonds. The van der Waals surface area contributed by atoms with Gasteiger partial charge in [-0.3, -0.25) is 4.79 Å². The fraction of sp³-hybridized carbons (Fsp3) is 0.688. The molecule has 116 valence electrons. The van der Waals surface area contributed by atoms with Crippen molar-refractivity contribution in [2.45, 2.75) is 38.5 Å². The molecule has 2 aliphatic rings.